The van der Waals surface area contributed by atoms with Crippen molar-refractivity contribution in [3.63, 3.8) is 0 Å². The first-order valence-electron chi connectivity index (χ1n) is 4.26. The van der Waals surface area contributed by atoms with Crippen LogP contribution in [0.4, 0.5) is 0 Å². The molecule has 0 bridgehead atoms. The van der Waals surface area contributed by atoms with Crippen LogP contribution < -0.4 is 0 Å². The Morgan fingerprint density at radius 1 is 1.33 bits per heavy atom. The molecule has 1 heterocycles. The third-order valence-corrected chi connectivity index (χ3v) is 3.09. The maximum absolute atomic E-state index is 11.3. The Bertz CT molecular complexity index is 558. The average Bonchev–Trinajstić information content (AvgIpc) is 2.69. The Morgan fingerprint density at radius 2 is 2.13 bits per heavy atom. The van der Waals surface area contributed by atoms with E-state index in [1.54, 1.807) is 30.5 Å². The summed E-state index contributed by atoms with van der Waals surface area (Å²) in [5.41, 5.74) is 0.704. The number of rotatable bonds is 2. The molecule has 0 radical (unpaired) electrons. The second-order valence-electron chi connectivity index (χ2n) is 3.17. The number of nitrogens with zero attached hydrogens (tertiary/aromatic N) is 1. The molecule has 0 aliphatic heterocycles. The number of benzene rings is 1. The molecule has 0 saturated carbocycles. The van der Waals surface area contributed by atoms with Crippen LogP contribution in [-0.4, -0.2) is 19.7 Å². The summed E-state index contributed by atoms with van der Waals surface area (Å²) < 4.78 is 27.7. The molecule has 2 aromatic rings. The van der Waals surface area contributed by atoms with Crippen molar-refractivity contribution in [2.75, 3.05) is 6.26 Å². The highest BCUT2D eigenvalue weighted by Crippen LogP contribution is 2.21. The van der Waals surface area contributed by atoms with E-state index in [9.17, 15) is 8.42 Å². The van der Waals surface area contributed by atoms with Gasteiger partial charge in [0, 0.05) is 11.8 Å². The van der Waals surface area contributed by atoms with Crippen molar-refractivity contribution in [1.82, 2.24) is 4.98 Å². The van der Waals surface area contributed by atoms with E-state index in [2.05, 4.69) is 4.98 Å². The Kier molecular flexibility index (Phi) is 2.32. The van der Waals surface area contributed by atoms with E-state index < -0.39 is 9.84 Å². The molecular weight excluding hydrogens is 214 g/mol. The van der Waals surface area contributed by atoms with Crippen LogP contribution in [0.15, 0.2) is 46.2 Å². The third kappa shape index (κ3) is 2.07. The number of aromatic nitrogens is 1. The minimum absolute atomic E-state index is 0.274. The largest absolute Gasteiger partial charge is 0.444 e. The zero-order valence-corrected chi connectivity index (χ0v) is 8.86. The van der Waals surface area contributed by atoms with Crippen molar-refractivity contribution in [1.29, 1.82) is 0 Å². The van der Waals surface area contributed by atoms with Crippen LogP contribution in [0, 0.1) is 0 Å². The lowest BCUT2D eigenvalue weighted by Gasteiger charge is -2.00. The summed E-state index contributed by atoms with van der Waals surface area (Å²) in [6.45, 7) is 0. The molecule has 0 unspecified atom stereocenters. The first-order valence-corrected chi connectivity index (χ1v) is 6.15. The van der Waals surface area contributed by atoms with Gasteiger partial charge in [0.2, 0.25) is 0 Å². The van der Waals surface area contributed by atoms with Crippen LogP contribution in [0.3, 0.4) is 0 Å². The molecular formula is C10H9NO3S. The molecule has 0 atom stereocenters. The molecule has 0 N–H and O–H groups in total. The van der Waals surface area contributed by atoms with Crippen molar-refractivity contribution in [3.8, 4) is 11.3 Å². The van der Waals surface area contributed by atoms with Crippen molar-refractivity contribution < 1.29 is 12.8 Å². The zero-order valence-electron chi connectivity index (χ0n) is 8.04. The molecule has 78 valence electrons. The number of hydrogen-bond acceptors (Lipinski definition) is 4. The first-order chi connectivity index (χ1) is 7.07. The number of sulfone groups is 1. The van der Waals surface area contributed by atoms with E-state index in [0.29, 0.717) is 11.3 Å². The van der Waals surface area contributed by atoms with Gasteiger partial charge in [-0.1, -0.05) is 12.1 Å². The van der Waals surface area contributed by atoms with Gasteiger partial charge >= 0.3 is 0 Å². The molecule has 2 rings (SSSR count). The molecule has 0 amide bonds. The smallest absolute Gasteiger partial charge is 0.181 e. The van der Waals surface area contributed by atoms with Gasteiger partial charge in [-0.3, -0.25) is 0 Å². The molecule has 0 fully saturated rings. The van der Waals surface area contributed by atoms with Gasteiger partial charge < -0.3 is 4.42 Å². The Balaban J connectivity index is 2.53. The van der Waals surface area contributed by atoms with Crippen LogP contribution in [0.2, 0.25) is 0 Å². The highest BCUT2D eigenvalue weighted by molar-refractivity contribution is 7.90. The quantitative estimate of drug-likeness (QED) is 0.778. The standard InChI is InChI=1S/C10H9NO3S/c1-15(12,13)9-4-2-3-8(5-9)10-6-11-7-14-10/h2-7H,1H3. The van der Waals surface area contributed by atoms with Gasteiger partial charge in [0.15, 0.2) is 22.0 Å². The highest BCUT2D eigenvalue weighted by atomic mass is 32.2. The van der Waals surface area contributed by atoms with Crippen molar-refractivity contribution in [3.05, 3.63) is 36.9 Å². The molecule has 0 aliphatic carbocycles. The fourth-order valence-corrected chi connectivity index (χ4v) is 1.91. The van der Waals surface area contributed by atoms with Crippen molar-refractivity contribution in [2.45, 2.75) is 4.90 Å². The average molecular weight is 223 g/mol. The van der Waals surface area contributed by atoms with Gasteiger partial charge in [-0.05, 0) is 12.1 Å². The van der Waals surface area contributed by atoms with Crippen LogP contribution in [-0.2, 0) is 9.84 Å². The molecule has 0 spiro atoms. The normalized spacial score (nSPS) is 11.5. The summed E-state index contributed by atoms with van der Waals surface area (Å²) in [5.74, 6) is 0.556. The van der Waals surface area contributed by atoms with Crippen LogP contribution in [0.5, 0.6) is 0 Å². The summed E-state index contributed by atoms with van der Waals surface area (Å²) in [7, 11) is -3.18. The lowest BCUT2D eigenvalue weighted by atomic mass is 10.2. The lowest BCUT2D eigenvalue weighted by Crippen LogP contribution is -1.96. The summed E-state index contributed by atoms with van der Waals surface area (Å²) in [6.07, 6.45) is 4.02. The molecule has 0 saturated heterocycles. The maximum Gasteiger partial charge on any atom is 0.181 e. The van der Waals surface area contributed by atoms with Crippen LogP contribution in [0.25, 0.3) is 11.3 Å². The fourth-order valence-electron chi connectivity index (χ4n) is 1.24. The minimum Gasteiger partial charge on any atom is -0.444 e. The molecule has 15 heavy (non-hydrogen) atoms. The predicted octanol–water partition coefficient (Wildman–Crippen LogP) is 1.75. The molecule has 5 heteroatoms. The summed E-state index contributed by atoms with van der Waals surface area (Å²) in [4.78, 5) is 4.05. The van der Waals surface area contributed by atoms with Gasteiger partial charge in [0.25, 0.3) is 0 Å². The van der Waals surface area contributed by atoms with E-state index in [1.807, 2.05) is 0 Å². The second kappa shape index (κ2) is 3.51. The minimum atomic E-state index is -3.18. The van der Waals surface area contributed by atoms with Crippen molar-refractivity contribution >= 4 is 9.84 Å². The molecule has 0 aliphatic rings. The molecule has 1 aromatic carbocycles. The SMILES string of the molecule is CS(=O)(=O)c1cccc(-c2cnco2)c1. The number of oxazole rings is 1. The van der Waals surface area contributed by atoms with Gasteiger partial charge in [-0.15, -0.1) is 0 Å². The number of hydrogen-bond donors (Lipinski definition) is 0. The van der Waals surface area contributed by atoms with Gasteiger partial charge in [0.05, 0.1) is 11.1 Å². The highest BCUT2D eigenvalue weighted by Gasteiger charge is 2.09. The Hall–Kier alpha value is -1.62. The van der Waals surface area contributed by atoms with Gasteiger partial charge in [-0.2, -0.15) is 0 Å². The van der Waals surface area contributed by atoms with Gasteiger partial charge in [0.1, 0.15) is 0 Å². The van der Waals surface area contributed by atoms with E-state index in [1.165, 1.54) is 12.6 Å². The van der Waals surface area contributed by atoms with E-state index in [4.69, 9.17) is 4.42 Å². The fraction of sp³-hybridized carbons (Fsp3) is 0.100. The Morgan fingerprint density at radius 3 is 2.73 bits per heavy atom. The monoisotopic (exact) mass is 223 g/mol. The van der Waals surface area contributed by atoms with E-state index in [-0.39, 0.29) is 4.90 Å². The topological polar surface area (TPSA) is 60.2 Å². The maximum atomic E-state index is 11.3. The summed E-state index contributed by atoms with van der Waals surface area (Å²) >= 11 is 0. The van der Waals surface area contributed by atoms with E-state index in [0.717, 1.165) is 0 Å². The zero-order chi connectivity index (χ0) is 10.9. The second-order valence-corrected chi connectivity index (χ2v) is 5.18. The molecule has 4 nitrogen and oxygen atoms in total. The van der Waals surface area contributed by atoms with Crippen molar-refractivity contribution in [2.24, 2.45) is 0 Å². The van der Waals surface area contributed by atoms with Crippen LogP contribution in [0.1, 0.15) is 0 Å². The van der Waals surface area contributed by atoms with E-state index >= 15 is 0 Å². The summed E-state index contributed by atoms with van der Waals surface area (Å²) in [5, 5.41) is 0. The first kappa shape index (κ1) is 9.92. The Labute approximate surface area is 87.5 Å². The molecule has 1 aromatic heterocycles. The summed E-state index contributed by atoms with van der Waals surface area (Å²) in [6, 6.07) is 6.56. The third-order valence-electron chi connectivity index (χ3n) is 1.98. The lowest BCUT2D eigenvalue weighted by molar-refractivity contribution is 0.571. The van der Waals surface area contributed by atoms with Crippen LogP contribution >= 0.6 is 0 Å². The predicted molar refractivity (Wildman–Crippen MR) is 55.0 cm³/mol. The van der Waals surface area contributed by atoms with Gasteiger partial charge in [-0.25, -0.2) is 13.4 Å².